The third-order valence-corrected chi connectivity index (χ3v) is 6.68. The van der Waals surface area contributed by atoms with E-state index in [4.69, 9.17) is 16.4 Å². The van der Waals surface area contributed by atoms with Crippen LogP contribution in [0.3, 0.4) is 0 Å². The van der Waals surface area contributed by atoms with Crippen molar-refractivity contribution < 1.29 is 9.59 Å². The van der Waals surface area contributed by atoms with Gasteiger partial charge in [0.2, 0.25) is 5.91 Å². The van der Waals surface area contributed by atoms with Gasteiger partial charge in [-0.15, -0.1) is 0 Å². The summed E-state index contributed by atoms with van der Waals surface area (Å²) in [7, 11) is 2.12. The number of carbonyl (C=O) groups is 2. The van der Waals surface area contributed by atoms with Crippen molar-refractivity contribution in [3.8, 4) is 6.07 Å². The Kier molecular flexibility index (Phi) is 13.2. The molecular weight excluding hydrogens is 436 g/mol. The zero-order valence-electron chi connectivity index (χ0n) is 20.9. The van der Waals surface area contributed by atoms with Crippen molar-refractivity contribution in [1.29, 1.82) is 5.26 Å². The number of hydrogen-bond acceptors (Lipinski definition) is 5. The van der Waals surface area contributed by atoms with Crippen molar-refractivity contribution in [2.24, 2.45) is 5.92 Å². The van der Waals surface area contributed by atoms with Crippen molar-refractivity contribution in [2.45, 2.75) is 83.6 Å². The van der Waals surface area contributed by atoms with Crippen LogP contribution in [0.5, 0.6) is 0 Å². The predicted molar refractivity (Wildman–Crippen MR) is 134 cm³/mol. The molecule has 0 radical (unpaired) electrons. The first-order valence-electron chi connectivity index (χ1n) is 12.2. The smallest absolute Gasteiger partial charge is 0.222 e. The number of likely N-dealkylation sites (N-methyl/N-ethyl adjacent to an activating group) is 1. The Labute approximate surface area is 205 Å². The van der Waals surface area contributed by atoms with E-state index in [1.807, 2.05) is 24.0 Å². The highest BCUT2D eigenvalue weighted by Gasteiger charge is 2.60. The number of halogens is 1. The SMILES string of the molecule is C=O.CCC.CCCCC(=O)N1CCCC1.CN1CC(c2cncc(Cl)c2)C(C#N)C12CC2. The van der Waals surface area contributed by atoms with Gasteiger partial charge in [-0.25, -0.2) is 0 Å². The van der Waals surface area contributed by atoms with E-state index in [1.54, 1.807) is 6.20 Å². The van der Waals surface area contributed by atoms with Crippen LogP contribution in [0.25, 0.3) is 0 Å². The van der Waals surface area contributed by atoms with Gasteiger partial charge < -0.3 is 9.69 Å². The average molecular weight is 477 g/mol. The van der Waals surface area contributed by atoms with Gasteiger partial charge in [0.25, 0.3) is 0 Å². The number of rotatable bonds is 4. The highest BCUT2D eigenvalue weighted by atomic mass is 35.5. The molecule has 2 atom stereocenters. The van der Waals surface area contributed by atoms with Crippen molar-refractivity contribution >= 4 is 24.3 Å². The number of nitrogens with zero attached hydrogens (tertiary/aromatic N) is 4. The van der Waals surface area contributed by atoms with Crippen LogP contribution < -0.4 is 0 Å². The Morgan fingerprint density at radius 3 is 2.33 bits per heavy atom. The molecule has 2 saturated heterocycles. The summed E-state index contributed by atoms with van der Waals surface area (Å²) in [6.45, 7) is 11.3. The van der Waals surface area contributed by atoms with Gasteiger partial charge in [-0.05, 0) is 50.8 Å². The summed E-state index contributed by atoms with van der Waals surface area (Å²) in [6, 6.07) is 4.45. The molecule has 1 aliphatic carbocycles. The molecule has 0 bridgehead atoms. The maximum absolute atomic E-state index is 11.3. The number of likely N-dealkylation sites (tertiary alicyclic amines) is 2. The molecule has 3 fully saturated rings. The fourth-order valence-electron chi connectivity index (χ4n) is 4.61. The van der Waals surface area contributed by atoms with Crippen LogP contribution in [-0.4, -0.2) is 59.7 Å². The lowest BCUT2D eigenvalue weighted by Gasteiger charge is -2.20. The topological polar surface area (TPSA) is 77.3 Å². The second kappa shape index (κ2) is 15.0. The number of amides is 1. The zero-order valence-corrected chi connectivity index (χ0v) is 21.6. The molecule has 1 saturated carbocycles. The van der Waals surface area contributed by atoms with E-state index in [9.17, 15) is 10.1 Å². The summed E-state index contributed by atoms with van der Waals surface area (Å²) >= 11 is 5.98. The molecule has 1 aromatic heterocycles. The van der Waals surface area contributed by atoms with E-state index in [0.717, 1.165) is 57.3 Å². The first kappa shape index (κ1) is 29.1. The second-order valence-corrected chi connectivity index (χ2v) is 9.47. The molecule has 1 amide bonds. The van der Waals surface area contributed by atoms with Gasteiger partial charge in [0.15, 0.2) is 0 Å². The Morgan fingerprint density at radius 1 is 1.24 bits per heavy atom. The van der Waals surface area contributed by atoms with Crippen molar-refractivity contribution in [2.75, 3.05) is 26.7 Å². The molecular formula is C26H41ClN4O2. The zero-order chi connectivity index (χ0) is 24.9. The molecule has 7 heteroatoms. The van der Waals surface area contributed by atoms with Gasteiger partial charge in [-0.1, -0.05) is 45.2 Å². The largest absolute Gasteiger partial charge is 0.343 e. The third-order valence-electron chi connectivity index (χ3n) is 6.47. The number of nitriles is 1. The third kappa shape index (κ3) is 8.08. The van der Waals surface area contributed by atoms with Crippen molar-refractivity contribution in [3.63, 3.8) is 0 Å². The summed E-state index contributed by atoms with van der Waals surface area (Å²) in [5.41, 5.74) is 1.24. The van der Waals surface area contributed by atoms with Crippen LogP contribution in [0, 0.1) is 17.2 Å². The highest BCUT2D eigenvalue weighted by molar-refractivity contribution is 6.30. The van der Waals surface area contributed by atoms with Gasteiger partial charge in [0.05, 0.1) is 17.0 Å². The van der Waals surface area contributed by atoms with Crippen LogP contribution in [0.1, 0.15) is 83.6 Å². The molecule has 2 unspecified atom stereocenters. The molecule has 0 aromatic carbocycles. The lowest BCUT2D eigenvalue weighted by Crippen LogP contribution is -2.30. The summed E-state index contributed by atoms with van der Waals surface area (Å²) in [5.74, 6) is 0.691. The van der Waals surface area contributed by atoms with Gasteiger partial charge in [0, 0.05) is 49.9 Å². The van der Waals surface area contributed by atoms with E-state index in [-0.39, 0.29) is 17.4 Å². The quantitative estimate of drug-likeness (QED) is 0.576. The molecule has 3 heterocycles. The standard InChI is InChI=1S/C13H14ClN3.C9H17NO.C3H8.CH2O/c1-17-8-11(9-4-10(14)7-16-6-9)12(5-15)13(17)2-3-13;1-2-3-6-9(11)10-7-4-5-8-10;1-3-2;1-2/h4,6-7,11-12H,2-3,8H2,1H3;2-8H2,1H3;3H2,1-2H3;1H2. The van der Waals surface area contributed by atoms with Crippen LogP contribution in [0.2, 0.25) is 5.02 Å². The van der Waals surface area contributed by atoms with Gasteiger partial charge in [0.1, 0.15) is 6.79 Å². The van der Waals surface area contributed by atoms with Crippen LogP contribution in [0.4, 0.5) is 0 Å². The predicted octanol–water partition coefficient (Wildman–Crippen LogP) is 5.47. The normalized spacial score (nSPS) is 22.1. The Hall–Kier alpha value is -1.97. The Balaban J connectivity index is 0.000000295. The number of unbranched alkanes of at least 4 members (excludes halogenated alkanes) is 1. The molecule has 3 aliphatic rings. The molecule has 2 aliphatic heterocycles. The average Bonchev–Trinajstić information content (AvgIpc) is 3.32. The van der Waals surface area contributed by atoms with E-state index in [1.165, 1.54) is 19.3 Å². The first-order valence-corrected chi connectivity index (χ1v) is 12.6. The van der Waals surface area contributed by atoms with Gasteiger partial charge in [-0.2, -0.15) is 5.26 Å². The van der Waals surface area contributed by atoms with Crippen molar-refractivity contribution in [1.82, 2.24) is 14.8 Å². The summed E-state index contributed by atoms with van der Waals surface area (Å²) in [5, 5.41) is 10.1. The number of carbonyl (C=O) groups excluding carboxylic acids is 2. The maximum atomic E-state index is 11.3. The van der Waals surface area contributed by atoms with E-state index in [0.29, 0.717) is 10.9 Å². The van der Waals surface area contributed by atoms with E-state index >= 15 is 0 Å². The number of aromatic nitrogens is 1. The van der Waals surface area contributed by atoms with E-state index in [2.05, 4.69) is 43.8 Å². The molecule has 0 N–H and O–H groups in total. The lowest BCUT2D eigenvalue weighted by atomic mass is 9.86. The fraction of sp³-hybridized carbons (Fsp3) is 0.692. The van der Waals surface area contributed by atoms with Gasteiger partial charge in [-0.3, -0.25) is 14.7 Å². The van der Waals surface area contributed by atoms with E-state index < -0.39 is 0 Å². The Bertz CT molecular complexity index is 757. The Morgan fingerprint density at radius 2 is 1.85 bits per heavy atom. The van der Waals surface area contributed by atoms with Crippen LogP contribution >= 0.6 is 11.6 Å². The minimum atomic E-state index is 0.0766. The highest BCUT2D eigenvalue weighted by Crippen LogP contribution is 2.56. The summed E-state index contributed by atoms with van der Waals surface area (Å²) < 4.78 is 0. The fourth-order valence-corrected chi connectivity index (χ4v) is 4.79. The number of hydrogen-bond donors (Lipinski definition) is 0. The molecule has 4 rings (SSSR count). The monoisotopic (exact) mass is 476 g/mol. The van der Waals surface area contributed by atoms with Crippen LogP contribution in [-0.2, 0) is 9.59 Å². The summed E-state index contributed by atoms with van der Waals surface area (Å²) in [6.07, 6.45) is 12.4. The molecule has 33 heavy (non-hydrogen) atoms. The van der Waals surface area contributed by atoms with Crippen LogP contribution in [0.15, 0.2) is 18.5 Å². The number of pyridine rings is 1. The lowest BCUT2D eigenvalue weighted by molar-refractivity contribution is -0.130. The molecule has 1 aromatic rings. The van der Waals surface area contributed by atoms with Gasteiger partial charge >= 0.3 is 0 Å². The maximum Gasteiger partial charge on any atom is 0.222 e. The molecule has 1 spiro atoms. The van der Waals surface area contributed by atoms with Crippen molar-refractivity contribution in [3.05, 3.63) is 29.0 Å². The second-order valence-electron chi connectivity index (χ2n) is 9.03. The first-order chi connectivity index (χ1) is 15.9. The molecule has 184 valence electrons. The minimum Gasteiger partial charge on any atom is -0.343 e. The molecule has 6 nitrogen and oxygen atoms in total. The summed E-state index contributed by atoms with van der Waals surface area (Å²) in [4.78, 5) is 27.8. The minimum absolute atomic E-state index is 0.0766.